The predicted octanol–water partition coefficient (Wildman–Crippen LogP) is 1.25. The predicted molar refractivity (Wildman–Crippen MR) is 67.4 cm³/mol. The summed E-state index contributed by atoms with van der Waals surface area (Å²) in [5, 5.41) is 8.62. The van der Waals surface area contributed by atoms with E-state index in [2.05, 4.69) is 0 Å². The van der Waals surface area contributed by atoms with Gasteiger partial charge in [0.2, 0.25) is 0 Å². The van der Waals surface area contributed by atoms with Gasteiger partial charge in [-0.1, -0.05) is 0 Å². The van der Waals surface area contributed by atoms with Crippen molar-refractivity contribution < 1.29 is 9.18 Å². The topological polar surface area (TPSA) is 96.1 Å². The summed E-state index contributed by atoms with van der Waals surface area (Å²) in [4.78, 5) is 12.7. The van der Waals surface area contributed by atoms with Crippen LogP contribution in [0, 0.1) is 17.1 Å². The molecule has 18 heavy (non-hydrogen) atoms. The highest BCUT2D eigenvalue weighted by Gasteiger charge is 2.17. The van der Waals surface area contributed by atoms with Gasteiger partial charge in [-0.3, -0.25) is 4.79 Å². The van der Waals surface area contributed by atoms with Crippen molar-refractivity contribution in [1.82, 2.24) is 0 Å². The molecule has 96 valence electrons. The van der Waals surface area contributed by atoms with Crippen molar-refractivity contribution in [2.75, 3.05) is 17.7 Å². The fourth-order valence-electron chi connectivity index (χ4n) is 1.57. The molecule has 0 aliphatic heterocycles. The lowest BCUT2D eigenvalue weighted by Gasteiger charge is -2.26. The Morgan fingerprint density at radius 2 is 2.22 bits per heavy atom. The van der Waals surface area contributed by atoms with Crippen molar-refractivity contribution >= 4 is 17.3 Å². The number of carbonyl (C=O) groups is 1. The first-order chi connectivity index (χ1) is 8.38. The van der Waals surface area contributed by atoms with E-state index in [0.717, 1.165) is 6.07 Å². The molecule has 0 spiro atoms. The van der Waals surface area contributed by atoms with Crippen LogP contribution in [0.15, 0.2) is 12.1 Å². The lowest BCUT2D eigenvalue weighted by Crippen LogP contribution is -2.29. The van der Waals surface area contributed by atoms with Gasteiger partial charge in [-0.25, -0.2) is 4.39 Å². The normalized spacial score (nSPS) is 11.7. The zero-order chi connectivity index (χ0) is 13.9. The summed E-state index contributed by atoms with van der Waals surface area (Å²) >= 11 is 0. The average molecular weight is 250 g/mol. The molecule has 1 aromatic rings. The lowest BCUT2D eigenvalue weighted by molar-refractivity contribution is 0.100. The van der Waals surface area contributed by atoms with E-state index in [-0.39, 0.29) is 29.4 Å². The number of carbonyl (C=O) groups excluding carboxylic acids is 1. The van der Waals surface area contributed by atoms with Crippen LogP contribution in [0.3, 0.4) is 0 Å². The number of hydrogen-bond acceptors (Lipinski definition) is 4. The second-order valence-corrected chi connectivity index (χ2v) is 4.08. The lowest BCUT2D eigenvalue weighted by atomic mass is 10.1. The molecule has 0 bridgehead atoms. The van der Waals surface area contributed by atoms with Crippen LogP contribution in [0.2, 0.25) is 0 Å². The molecule has 0 fully saturated rings. The Morgan fingerprint density at radius 1 is 1.61 bits per heavy atom. The van der Waals surface area contributed by atoms with E-state index in [4.69, 9.17) is 16.7 Å². The molecule has 4 N–H and O–H groups in total. The zero-order valence-electron chi connectivity index (χ0n) is 10.3. The third-order valence-corrected chi connectivity index (χ3v) is 2.81. The Bertz CT molecular complexity index is 510. The Morgan fingerprint density at radius 3 is 2.72 bits per heavy atom. The van der Waals surface area contributed by atoms with Crippen molar-refractivity contribution in [3.05, 3.63) is 23.5 Å². The highest BCUT2D eigenvalue weighted by atomic mass is 19.1. The van der Waals surface area contributed by atoms with Gasteiger partial charge in [-0.2, -0.15) is 5.26 Å². The van der Waals surface area contributed by atoms with Gasteiger partial charge in [0.25, 0.3) is 5.91 Å². The largest absolute Gasteiger partial charge is 0.398 e. The number of benzene rings is 1. The average Bonchev–Trinajstić information content (AvgIpc) is 2.28. The quantitative estimate of drug-likeness (QED) is 0.786. The molecule has 1 amide bonds. The van der Waals surface area contributed by atoms with Crippen molar-refractivity contribution in [2.24, 2.45) is 5.73 Å². The van der Waals surface area contributed by atoms with Crippen molar-refractivity contribution in [3.63, 3.8) is 0 Å². The molecule has 0 aliphatic carbocycles. The van der Waals surface area contributed by atoms with Gasteiger partial charge in [-0.05, 0) is 19.1 Å². The Balaban J connectivity index is 3.20. The van der Waals surface area contributed by atoms with E-state index in [0.29, 0.717) is 0 Å². The van der Waals surface area contributed by atoms with Crippen molar-refractivity contribution in [2.45, 2.75) is 19.4 Å². The van der Waals surface area contributed by atoms with Crippen LogP contribution in [-0.2, 0) is 0 Å². The second kappa shape index (κ2) is 5.36. The number of anilines is 2. The van der Waals surface area contributed by atoms with Gasteiger partial charge in [0.15, 0.2) is 0 Å². The highest BCUT2D eigenvalue weighted by molar-refractivity contribution is 5.99. The summed E-state index contributed by atoms with van der Waals surface area (Å²) in [5.41, 5.74) is 10.9. The molecule has 1 rings (SSSR count). The van der Waals surface area contributed by atoms with E-state index in [1.165, 1.54) is 6.07 Å². The second-order valence-electron chi connectivity index (χ2n) is 4.08. The third kappa shape index (κ3) is 2.69. The Kier molecular flexibility index (Phi) is 4.10. The number of halogens is 1. The summed E-state index contributed by atoms with van der Waals surface area (Å²) in [6.07, 6.45) is 0.242. The molecule has 0 aliphatic rings. The first-order valence-corrected chi connectivity index (χ1v) is 5.37. The number of rotatable bonds is 4. The van der Waals surface area contributed by atoms with Gasteiger partial charge < -0.3 is 16.4 Å². The highest BCUT2D eigenvalue weighted by Crippen LogP contribution is 2.26. The fraction of sp³-hybridized carbons (Fsp3) is 0.333. The molecule has 0 saturated heterocycles. The van der Waals surface area contributed by atoms with Gasteiger partial charge in [0.05, 0.1) is 23.7 Å². The maximum atomic E-state index is 13.8. The van der Waals surface area contributed by atoms with E-state index in [1.54, 1.807) is 18.9 Å². The molecular weight excluding hydrogens is 235 g/mol. The number of hydrogen-bond donors (Lipinski definition) is 2. The molecule has 6 heteroatoms. The van der Waals surface area contributed by atoms with Gasteiger partial charge in [0, 0.05) is 18.8 Å². The number of nitriles is 1. The summed E-state index contributed by atoms with van der Waals surface area (Å²) in [5.74, 6) is -1.26. The molecule has 0 saturated carbocycles. The number of primary amides is 1. The molecule has 1 aromatic carbocycles. The van der Waals surface area contributed by atoms with Crippen LogP contribution >= 0.6 is 0 Å². The Hall–Kier alpha value is -2.29. The summed E-state index contributed by atoms with van der Waals surface area (Å²) < 4.78 is 13.8. The first kappa shape index (κ1) is 13.8. The minimum atomic E-state index is -0.713. The van der Waals surface area contributed by atoms with Crippen LogP contribution in [0.4, 0.5) is 15.8 Å². The molecule has 0 heterocycles. The molecular formula is C12H15FN4O. The van der Waals surface area contributed by atoms with E-state index < -0.39 is 11.7 Å². The van der Waals surface area contributed by atoms with Crippen LogP contribution < -0.4 is 16.4 Å². The van der Waals surface area contributed by atoms with Gasteiger partial charge in [-0.15, -0.1) is 0 Å². The van der Waals surface area contributed by atoms with Crippen LogP contribution in [0.5, 0.6) is 0 Å². The van der Waals surface area contributed by atoms with Crippen molar-refractivity contribution in [1.29, 1.82) is 5.26 Å². The van der Waals surface area contributed by atoms with Crippen molar-refractivity contribution in [3.8, 4) is 6.07 Å². The molecule has 0 radical (unpaired) electrons. The maximum absolute atomic E-state index is 13.8. The van der Waals surface area contributed by atoms with Gasteiger partial charge >= 0.3 is 0 Å². The standard InChI is InChI=1S/C12H15FN4O/c1-7(3-4-14)17(2)11-5-8(12(16)18)10(15)6-9(11)13/h5-7H,3,15H2,1-2H3,(H2,16,18). The number of nitrogens with zero attached hydrogens (tertiary/aromatic N) is 2. The number of nitrogen functional groups attached to an aromatic ring is 1. The Labute approximate surface area is 105 Å². The summed E-state index contributed by atoms with van der Waals surface area (Å²) in [6.45, 7) is 1.78. The molecule has 1 atom stereocenters. The summed E-state index contributed by atoms with van der Waals surface area (Å²) in [7, 11) is 1.64. The maximum Gasteiger partial charge on any atom is 0.250 e. The SMILES string of the molecule is CC(CC#N)N(C)c1cc(C(N)=O)c(N)cc1F. The minimum absolute atomic E-state index is 0.00471. The van der Waals surface area contributed by atoms with E-state index in [1.807, 2.05) is 6.07 Å². The third-order valence-electron chi connectivity index (χ3n) is 2.81. The number of nitrogens with two attached hydrogens (primary N) is 2. The molecule has 5 nitrogen and oxygen atoms in total. The minimum Gasteiger partial charge on any atom is -0.398 e. The van der Waals surface area contributed by atoms with Crippen LogP contribution in [0.1, 0.15) is 23.7 Å². The van der Waals surface area contributed by atoms with Crippen LogP contribution in [0.25, 0.3) is 0 Å². The monoisotopic (exact) mass is 250 g/mol. The smallest absolute Gasteiger partial charge is 0.250 e. The number of amides is 1. The van der Waals surface area contributed by atoms with Crippen LogP contribution in [-0.4, -0.2) is 19.0 Å². The molecule has 1 unspecified atom stereocenters. The van der Waals surface area contributed by atoms with Gasteiger partial charge in [0.1, 0.15) is 5.82 Å². The molecule has 0 aromatic heterocycles. The fourth-order valence-corrected chi connectivity index (χ4v) is 1.57. The zero-order valence-corrected chi connectivity index (χ0v) is 10.3. The van der Waals surface area contributed by atoms with E-state index >= 15 is 0 Å². The summed E-state index contributed by atoms with van der Waals surface area (Å²) in [6, 6.07) is 4.19. The first-order valence-electron chi connectivity index (χ1n) is 5.37. The van der Waals surface area contributed by atoms with E-state index in [9.17, 15) is 9.18 Å².